The molecule has 2 amide bonds. The summed E-state index contributed by atoms with van der Waals surface area (Å²) in [6.45, 7) is 9.35. The quantitative estimate of drug-likeness (QED) is 0.188. The molecular weight excluding hydrogens is 525 g/mol. The number of piperidine rings is 3. The summed E-state index contributed by atoms with van der Waals surface area (Å²) in [6, 6.07) is 0.463. The molecule has 8 unspecified atom stereocenters. The molecule has 0 aromatic carbocycles. The SMILES string of the molecule is CC[N+]1(C)CC(F)C=NC1C(C(=O)NC1CNCCC1C1CCC(C(=O)N2CCC(N3CCC3)CC2)NC1)C(N)N. The predicted molar refractivity (Wildman–Crippen MR) is 158 cm³/mol. The van der Waals surface area contributed by atoms with Gasteiger partial charge in [-0.1, -0.05) is 0 Å². The number of amides is 2. The lowest BCUT2D eigenvalue weighted by atomic mass is 9.76. The fourth-order valence-electron chi connectivity index (χ4n) is 7.91. The van der Waals surface area contributed by atoms with Crippen molar-refractivity contribution >= 4 is 18.0 Å². The van der Waals surface area contributed by atoms with E-state index in [4.69, 9.17) is 11.5 Å². The van der Waals surface area contributed by atoms with E-state index in [2.05, 4.69) is 30.7 Å². The van der Waals surface area contributed by atoms with E-state index in [1.54, 1.807) is 0 Å². The van der Waals surface area contributed by atoms with E-state index in [9.17, 15) is 14.0 Å². The van der Waals surface area contributed by atoms with E-state index < -0.39 is 24.4 Å². The number of likely N-dealkylation sites (tertiary alicyclic amines) is 2. The maximum absolute atomic E-state index is 14.2. The Hall–Kier alpha value is -1.70. The van der Waals surface area contributed by atoms with E-state index in [0.29, 0.717) is 25.0 Å². The van der Waals surface area contributed by atoms with Crippen LogP contribution in [0.1, 0.15) is 45.4 Å². The van der Waals surface area contributed by atoms with E-state index >= 15 is 0 Å². The summed E-state index contributed by atoms with van der Waals surface area (Å²) in [6.07, 6.45) is 4.93. The van der Waals surface area contributed by atoms with Crippen molar-refractivity contribution in [2.24, 2.45) is 34.2 Å². The normalized spacial score (nSPS) is 38.0. The summed E-state index contributed by atoms with van der Waals surface area (Å²) in [5.41, 5.74) is 12.3. The Morgan fingerprint density at radius 3 is 2.49 bits per heavy atom. The summed E-state index contributed by atoms with van der Waals surface area (Å²) < 4.78 is 14.5. The average molecular weight is 579 g/mol. The van der Waals surface area contributed by atoms with Gasteiger partial charge in [-0.3, -0.25) is 9.59 Å². The lowest BCUT2D eigenvalue weighted by Gasteiger charge is -2.46. The van der Waals surface area contributed by atoms with Gasteiger partial charge in [0.2, 0.25) is 11.8 Å². The fourth-order valence-corrected chi connectivity index (χ4v) is 7.91. The summed E-state index contributed by atoms with van der Waals surface area (Å²) in [5.74, 6) is -0.0772. The molecule has 5 aliphatic rings. The van der Waals surface area contributed by atoms with Gasteiger partial charge in [0.15, 0.2) is 12.3 Å². The van der Waals surface area contributed by atoms with Gasteiger partial charge in [-0.15, -0.1) is 0 Å². The van der Waals surface area contributed by atoms with Gasteiger partial charge >= 0.3 is 0 Å². The summed E-state index contributed by atoms with van der Waals surface area (Å²) in [7, 11) is 1.92. The molecule has 0 saturated carbocycles. The first-order valence-corrected chi connectivity index (χ1v) is 16.0. The van der Waals surface area contributed by atoms with E-state index in [1.807, 2.05) is 14.0 Å². The molecule has 41 heavy (non-hydrogen) atoms. The van der Waals surface area contributed by atoms with Crippen molar-refractivity contribution in [2.75, 3.05) is 66.0 Å². The molecule has 0 aliphatic carbocycles. The van der Waals surface area contributed by atoms with Crippen molar-refractivity contribution in [3.8, 4) is 0 Å². The van der Waals surface area contributed by atoms with Crippen LogP contribution in [-0.4, -0.2) is 135 Å². The third-order valence-electron chi connectivity index (χ3n) is 10.8. The minimum Gasteiger partial charge on any atom is -0.351 e. The predicted octanol–water partition coefficient (Wildman–Crippen LogP) is -0.780. The number of quaternary nitrogens is 1. The third kappa shape index (κ3) is 6.78. The Kier molecular flexibility index (Phi) is 9.97. The monoisotopic (exact) mass is 578 g/mol. The molecule has 232 valence electrons. The first-order valence-electron chi connectivity index (χ1n) is 16.0. The topological polar surface area (TPSA) is 141 Å². The molecule has 5 aliphatic heterocycles. The highest BCUT2D eigenvalue weighted by Crippen LogP contribution is 2.31. The van der Waals surface area contributed by atoms with Crippen LogP contribution in [0.4, 0.5) is 4.39 Å². The Bertz CT molecular complexity index is 933. The van der Waals surface area contributed by atoms with Crippen molar-refractivity contribution in [3.63, 3.8) is 0 Å². The molecule has 11 nitrogen and oxygen atoms in total. The van der Waals surface area contributed by atoms with Crippen LogP contribution in [0.2, 0.25) is 0 Å². The molecule has 5 rings (SSSR count). The molecule has 0 spiro atoms. The number of hydrogen-bond donors (Lipinski definition) is 5. The molecule has 0 aromatic heterocycles. The van der Waals surface area contributed by atoms with Crippen LogP contribution in [0.25, 0.3) is 0 Å². The van der Waals surface area contributed by atoms with Crippen molar-refractivity contribution < 1.29 is 18.5 Å². The van der Waals surface area contributed by atoms with Crippen molar-refractivity contribution in [3.05, 3.63) is 0 Å². The molecule has 0 bridgehead atoms. The Labute approximate surface area is 244 Å². The van der Waals surface area contributed by atoms with Crippen LogP contribution >= 0.6 is 0 Å². The molecule has 8 atom stereocenters. The third-order valence-corrected chi connectivity index (χ3v) is 10.8. The van der Waals surface area contributed by atoms with Crippen molar-refractivity contribution in [1.82, 2.24) is 25.8 Å². The van der Waals surface area contributed by atoms with Gasteiger partial charge in [-0.25, -0.2) is 9.38 Å². The molecule has 12 heteroatoms. The zero-order valence-electron chi connectivity index (χ0n) is 25.0. The maximum Gasteiger partial charge on any atom is 0.239 e. The highest BCUT2D eigenvalue weighted by molar-refractivity contribution is 5.82. The Morgan fingerprint density at radius 1 is 1.12 bits per heavy atom. The van der Waals surface area contributed by atoms with Gasteiger partial charge < -0.3 is 41.7 Å². The van der Waals surface area contributed by atoms with Gasteiger partial charge in [-0.05, 0) is 83.5 Å². The number of carbonyl (C=O) groups is 2. The number of nitrogens with zero attached hydrogens (tertiary/aromatic N) is 4. The van der Waals surface area contributed by atoms with Gasteiger partial charge in [0, 0.05) is 37.9 Å². The van der Waals surface area contributed by atoms with E-state index in [1.165, 1.54) is 25.7 Å². The van der Waals surface area contributed by atoms with Gasteiger partial charge in [0.05, 0.1) is 25.8 Å². The van der Waals surface area contributed by atoms with Gasteiger partial charge in [0.1, 0.15) is 12.5 Å². The maximum atomic E-state index is 14.2. The first-order chi connectivity index (χ1) is 19.7. The standard InChI is InChI=1S/C29H52FN9O2/c1-3-39(2)18-20(30)16-35-27(39)25(26(31)32)28(40)36-24-17-33-10-7-22(24)19-5-6-23(34-15-19)29(41)38-13-8-21(9-14-38)37-11-4-12-37/h16,19-27,33-34H,3-15,17-18,31-32H2,1-2H3/p+1. The second-order valence-electron chi connectivity index (χ2n) is 13.3. The number of alkyl halides is 1. The molecule has 7 N–H and O–H groups in total. The number of nitrogens with two attached hydrogens (primary N) is 2. The minimum absolute atomic E-state index is 0.0704. The van der Waals surface area contributed by atoms with Gasteiger partial charge in [0.25, 0.3) is 0 Å². The zero-order chi connectivity index (χ0) is 29.1. The highest BCUT2D eigenvalue weighted by atomic mass is 19.1. The highest BCUT2D eigenvalue weighted by Gasteiger charge is 2.48. The van der Waals surface area contributed by atoms with Crippen LogP contribution < -0.4 is 27.4 Å². The number of nitrogens with one attached hydrogen (secondary N) is 3. The lowest BCUT2D eigenvalue weighted by molar-refractivity contribution is -0.936. The Balaban J connectivity index is 1.16. The molecule has 0 radical (unpaired) electrons. The van der Waals surface area contributed by atoms with Crippen LogP contribution in [0.15, 0.2) is 4.99 Å². The summed E-state index contributed by atoms with van der Waals surface area (Å²) >= 11 is 0. The van der Waals surface area contributed by atoms with Crippen molar-refractivity contribution in [1.29, 1.82) is 0 Å². The second kappa shape index (κ2) is 13.3. The largest absolute Gasteiger partial charge is 0.351 e. The lowest BCUT2D eigenvalue weighted by Crippen LogP contribution is -2.67. The Morgan fingerprint density at radius 2 is 1.88 bits per heavy atom. The zero-order valence-corrected chi connectivity index (χ0v) is 25.0. The molecule has 0 aromatic rings. The number of hydrogen-bond acceptors (Lipinski definition) is 8. The average Bonchev–Trinajstić information content (AvgIpc) is 2.94. The number of rotatable bonds is 8. The van der Waals surface area contributed by atoms with E-state index in [-0.39, 0.29) is 40.8 Å². The minimum atomic E-state index is -1.15. The number of aliphatic imine (C=N–C) groups is 1. The summed E-state index contributed by atoms with van der Waals surface area (Å²) in [4.78, 5) is 36.1. The summed E-state index contributed by atoms with van der Waals surface area (Å²) in [5, 5.41) is 10.3. The van der Waals surface area contributed by atoms with Crippen LogP contribution in [0.5, 0.6) is 0 Å². The van der Waals surface area contributed by atoms with Crippen LogP contribution in [0.3, 0.4) is 0 Å². The van der Waals surface area contributed by atoms with Crippen molar-refractivity contribution in [2.45, 2.75) is 82.1 Å². The molecular formula is C29H53FN9O2+. The van der Waals surface area contributed by atoms with E-state index in [0.717, 1.165) is 58.3 Å². The second-order valence-corrected chi connectivity index (χ2v) is 13.3. The smallest absolute Gasteiger partial charge is 0.239 e. The molecule has 4 fully saturated rings. The molecule has 5 heterocycles. The van der Waals surface area contributed by atoms with Crippen LogP contribution in [-0.2, 0) is 9.59 Å². The number of carbonyl (C=O) groups excluding carboxylic acids is 2. The van der Waals surface area contributed by atoms with Gasteiger partial charge in [-0.2, -0.15) is 0 Å². The first kappa shape index (κ1) is 30.7. The number of halogens is 1. The molecule has 4 saturated heterocycles. The fraction of sp³-hybridized carbons (Fsp3) is 0.897. The van der Waals surface area contributed by atoms with Crippen LogP contribution in [0, 0.1) is 17.8 Å².